The number of aromatic amines is 1. The summed E-state index contributed by atoms with van der Waals surface area (Å²) in [5.41, 5.74) is 7.67. The quantitative estimate of drug-likeness (QED) is 0.783. The predicted octanol–water partition coefficient (Wildman–Crippen LogP) is 4.38. The van der Waals surface area contributed by atoms with Crippen molar-refractivity contribution in [1.82, 2.24) is 4.98 Å². The molecule has 1 N–H and O–H groups in total. The van der Waals surface area contributed by atoms with Crippen LogP contribution in [0.5, 0.6) is 0 Å². The van der Waals surface area contributed by atoms with Crippen LogP contribution in [0.4, 0.5) is 0 Å². The van der Waals surface area contributed by atoms with E-state index in [0.717, 1.165) is 39.5 Å². The van der Waals surface area contributed by atoms with Gasteiger partial charge in [0.1, 0.15) is 0 Å². The van der Waals surface area contributed by atoms with Crippen molar-refractivity contribution in [1.29, 1.82) is 0 Å². The van der Waals surface area contributed by atoms with Gasteiger partial charge in [-0.1, -0.05) is 0 Å². The lowest BCUT2D eigenvalue weighted by Gasteiger charge is -2.14. The maximum absolute atomic E-state index is 12.3. The van der Waals surface area contributed by atoms with Crippen LogP contribution in [0.1, 0.15) is 57.1 Å². The van der Waals surface area contributed by atoms with Crippen molar-refractivity contribution >= 4 is 23.2 Å². The molecule has 0 bridgehead atoms. The molecule has 150 valence electrons. The zero-order valence-electron chi connectivity index (χ0n) is 17.5. The van der Waals surface area contributed by atoms with E-state index in [2.05, 4.69) is 4.98 Å². The minimum atomic E-state index is -0.529. The van der Waals surface area contributed by atoms with Gasteiger partial charge in [0.15, 0.2) is 0 Å². The van der Waals surface area contributed by atoms with Gasteiger partial charge in [-0.25, -0.2) is 9.59 Å². The molecule has 3 rings (SSSR count). The molecule has 2 aromatic rings. The van der Waals surface area contributed by atoms with Crippen molar-refractivity contribution in [3.05, 3.63) is 75.3 Å². The molecule has 0 aliphatic carbocycles. The molecule has 0 amide bonds. The van der Waals surface area contributed by atoms with E-state index in [9.17, 15) is 9.59 Å². The maximum Gasteiger partial charge on any atom is 0.337 e. The van der Waals surface area contributed by atoms with Crippen LogP contribution in [0.15, 0.2) is 46.6 Å². The highest BCUT2D eigenvalue weighted by Crippen LogP contribution is 2.36. The fourth-order valence-electron chi connectivity index (χ4n) is 3.56. The van der Waals surface area contributed by atoms with E-state index in [1.165, 1.54) is 20.3 Å². The van der Waals surface area contributed by atoms with Crippen LogP contribution in [0, 0.1) is 13.8 Å². The first-order chi connectivity index (χ1) is 13.7. The lowest BCUT2D eigenvalue weighted by atomic mass is 9.93. The summed E-state index contributed by atoms with van der Waals surface area (Å²) < 4.78 is 9.77. The summed E-state index contributed by atoms with van der Waals surface area (Å²) >= 11 is 0. The number of aryl methyl sites for hydroxylation is 2. The molecule has 2 heterocycles. The fourth-order valence-corrected chi connectivity index (χ4v) is 3.56. The smallest absolute Gasteiger partial charge is 0.337 e. The fraction of sp³-hybridized carbons (Fsp3) is 0.261. The largest absolute Gasteiger partial charge is 0.465 e. The number of aliphatic imine (C=N–C) groups is 1. The minimum absolute atomic E-state index is 0.268. The Morgan fingerprint density at radius 2 is 1.41 bits per heavy atom. The number of H-pyrrole nitrogens is 1. The zero-order valence-corrected chi connectivity index (χ0v) is 17.5. The summed E-state index contributed by atoms with van der Waals surface area (Å²) in [4.78, 5) is 32.6. The first-order valence-corrected chi connectivity index (χ1v) is 9.22. The number of carbonyl (C=O) groups is 2. The van der Waals surface area contributed by atoms with Gasteiger partial charge in [-0.15, -0.1) is 0 Å². The van der Waals surface area contributed by atoms with Gasteiger partial charge in [0.2, 0.25) is 0 Å². The molecule has 0 fully saturated rings. The number of carbonyl (C=O) groups excluding carboxylic acids is 2. The van der Waals surface area contributed by atoms with Crippen LogP contribution >= 0.6 is 0 Å². The summed E-state index contributed by atoms with van der Waals surface area (Å²) in [6.45, 7) is 7.92. The van der Waals surface area contributed by atoms with Crippen molar-refractivity contribution in [3.8, 4) is 0 Å². The molecule has 0 radical (unpaired) electrons. The van der Waals surface area contributed by atoms with E-state index in [1.54, 1.807) is 12.1 Å². The molecule has 0 saturated carbocycles. The van der Waals surface area contributed by atoms with Gasteiger partial charge in [0.05, 0.1) is 36.7 Å². The normalized spacial score (nSPS) is 15.0. The van der Waals surface area contributed by atoms with Crippen molar-refractivity contribution in [2.24, 2.45) is 4.99 Å². The molecule has 0 unspecified atom stereocenters. The number of allylic oxidation sites excluding steroid dienone is 2. The Hall–Kier alpha value is -3.41. The number of benzene rings is 1. The lowest BCUT2D eigenvalue weighted by molar-refractivity contribution is 0.0599. The lowest BCUT2D eigenvalue weighted by Crippen LogP contribution is -2.08. The Labute approximate surface area is 170 Å². The molecule has 6 heteroatoms. The average Bonchev–Trinajstić information content (AvgIpc) is 3.20. The molecule has 6 nitrogen and oxygen atoms in total. The Bertz CT molecular complexity index is 1070. The number of hydrogen-bond donors (Lipinski definition) is 1. The van der Waals surface area contributed by atoms with E-state index in [4.69, 9.17) is 14.5 Å². The number of ether oxygens (including phenoxy) is 2. The molecule has 0 spiro atoms. The maximum atomic E-state index is 12.3. The summed E-state index contributed by atoms with van der Waals surface area (Å²) in [6.07, 6.45) is 2.01. The second kappa shape index (κ2) is 7.91. The van der Waals surface area contributed by atoms with Crippen LogP contribution in [-0.4, -0.2) is 36.9 Å². The van der Waals surface area contributed by atoms with E-state index >= 15 is 0 Å². The summed E-state index contributed by atoms with van der Waals surface area (Å²) in [5.74, 6) is -1.06. The minimum Gasteiger partial charge on any atom is -0.465 e. The molecular weight excluding hydrogens is 368 g/mol. The molecule has 1 aliphatic heterocycles. The Morgan fingerprint density at radius 1 is 0.862 bits per heavy atom. The number of nitrogens with zero attached hydrogens (tertiary/aromatic N) is 1. The second-order valence-corrected chi connectivity index (χ2v) is 7.10. The third kappa shape index (κ3) is 3.92. The third-order valence-electron chi connectivity index (χ3n) is 4.79. The summed E-state index contributed by atoms with van der Waals surface area (Å²) in [6, 6.07) is 6.95. The molecule has 1 aromatic carbocycles. The van der Waals surface area contributed by atoms with Gasteiger partial charge in [0.25, 0.3) is 0 Å². The second-order valence-electron chi connectivity index (χ2n) is 7.10. The average molecular weight is 392 g/mol. The number of methoxy groups -OCH3 is 2. The molecular formula is C23H24N2O4. The first kappa shape index (κ1) is 20.3. The highest BCUT2D eigenvalue weighted by atomic mass is 16.5. The van der Waals surface area contributed by atoms with Crippen molar-refractivity contribution in [2.75, 3.05) is 14.2 Å². The van der Waals surface area contributed by atoms with Gasteiger partial charge < -0.3 is 14.5 Å². The Balaban J connectivity index is 2.37. The van der Waals surface area contributed by atoms with Crippen LogP contribution in [0.25, 0.3) is 5.57 Å². The van der Waals surface area contributed by atoms with Crippen LogP contribution < -0.4 is 0 Å². The van der Waals surface area contributed by atoms with Crippen molar-refractivity contribution in [3.63, 3.8) is 0 Å². The van der Waals surface area contributed by atoms with Gasteiger partial charge in [0, 0.05) is 17.0 Å². The van der Waals surface area contributed by atoms with Gasteiger partial charge in [-0.05, 0) is 74.7 Å². The van der Waals surface area contributed by atoms with Crippen molar-refractivity contribution < 1.29 is 19.1 Å². The molecule has 29 heavy (non-hydrogen) atoms. The standard InChI is InChI=1S/C23H24N2O4/c1-12-7-14(3)24-20(12)19(21-13(2)8-15(4)25-21)16-9-17(22(26)28-5)11-18(10-16)23(27)29-6/h7-11,24H,1-6H3/b21-19-. The number of rotatable bonds is 4. The van der Waals surface area contributed by atoms with Gasteiger partial charge in [-0.3, -0.25) is 4.99 Å². The van der Waals surface area contributed by atoms with Crippen molar-refractivity contribution in [2.45, 2.75) is 27.7 Å². The Kier molecular flexibility index (Phi) is 5.55. The van der Waals surface area contributed by atoms with Crippen LogP contribution in [0.3, 0.4) is 0 Å². The van der Waals surface area contributed by atoms with Crippen LogP contribution in [-0.2, 0) is 9.47 Å². The van der Waals surface area contributed by atoms with E-state index < -0.39 is 11.9 Å². The summed E-state index contributed by atoms with van der Waals surface area (Å²) in [5, 5.41) is 0. The highest BCUT2D eigenvalue weighted by Gasteiger charge is 2.23. The Morgan fingerprint density at radius 3 is 1.83 bits per heavy atom. The number of hydrogen-bond acceptors (Lipinski definition) is 5. The monoisotopic (exact) mass is 392 g/mol. The van der Waals surface area contributed by atoms with Gasteiger partial charge >= 0.3 is 11.9 Å². The van der Waals surface area contributed by atoms with E-state index in [-0.39, 0.29) is 11.1 Å². The number of aromatic nitrogens is 1. The summed E-state index contributed by atoms with van der Waals surface area (Å²) in [7, 11) is 2.62. The topological polar surface area (TPSA) is 80.8 Å². The zero-order chi connectivity index (χ0) is 21.3. The molecule has 0 saturated heterocycles. The van der Waals surface area contributed by atoms with E-state index in [1.807, 2.05) is 39.8 Å². The van der Waals surface area contributed by atoms with Gasteiger partial charge in [-0.2, -0.15) is 0 Å². The predicted molar refractivity (Wildman–Crippen MR) is 112 cm³/mol. The molecule has 0 atom stereocenters. The third-order valence-corrected chi connectivity index (χ3v) is 4.79. The van der Waals surface area contributed by atoms with Crippen LogP contribution in [0.2, 0.25) is 0 Å². The first-order valence-electron chi connectivity index (χ1n) is 9.22. The highest BCUT2D eigenvalue weighted by molar-refractivity contribution is 6.02. The SMILES string of the molecule is COC(=O)c1cc(C(=O)OC)cc(/C(=C2/N=C(C)C=C2C)c2[nH]c(C)cc2C)c1. The van der Waals surface area contributed by atoms with E-state index in [0.29, 0.717) is 5.56 Å². The number of nitrogens with one attached hydrogen (secondary N) is 1. The number of esters is 2. The molecule has 1 aromatic heterocycles. The molecule has 1 aliphatic rings.